The van der Waals surface area contributed by atoms with Crippen LogP contribution in [-0.2, 0) is 39.8 Å². The first-order valence-electron chi connectivity index (χ1n) is 16.3. The van der Waals surface area contributed by atoms with Crippen LogP contribution < -0.4 is 15.0 Å². The number of methoxy groups -OCH3 is 2. The highest BCUT2D eigenvalue weighted by atomic mass is 35.5. The second-order valence-electron chi connectivity index (χ2n) is 13.3. The van der Waals surface area contributed by atoms with Crippen LogP contribution in [0.2, 0.25) is 5.02 Å². The minimum atomic E-state index is -1.82. The molecule has 3 aliphatic heterocycles. The van der Waals surface area contributed by atoms with Gasteiger partial charge in [0.15, 0.2) is 5.72 Å². The Kier molecular flexibility index (Phi) is 11.7. The standard InChI is InChI=1S/C35H48ClN3O10/c1-10-28(40)38(6)21(4)32(42)48-27-17-29(41)39(7)23-15-22(16-24(45-8)30(23)36)14-19(2)12-11-13-26(46-9)35(44)18-25(47-33(43)37-35)20(3)31-34(27,5)49-31/h11-13,15-16,20-21,25-27,31,44H,10,14,17-18H2,1-9H3,(H,37,43)/t20-,21-,25-,26-,27+,31-,34+,35-/m1/s1. The number of nitrogens with zero attached hydrogens (tertiary/aromatic N) is 2. The molecule has 3 heterocycles. The molecule has 0 aromatic heterocycles. The molecule has 0 spiro atoms. The number of nitrogens with one attached hydrogen (secondary N) is 1. The van der Waals surface area contributed by atoms with Crippen LogP contribution in [0, 0.1) is 5.92 Å². The number of carbonyl (C=O) groups excluding carboxylic acids is 4. The molecule has 270 valence electrons. The van der Waals surface area contributed by atoms with Crippen molar-refractivity contribution in [1.82, 2.24) is 10.2 Å². The van der Waals surface area contributed by atoms with Gasteiger partial charge in [-0.2, -0.15) is 0 Å². The highest BCUT2D eigenvalue weighted by molar-refractivity contribution is 6.35. The maximum absolute atomic E-state index is 14.0. The van der Waals surface area contributed by atoms with Gasteiger partial charge in [-0.1, -0.05) is 49.2 Å². The van der Waals surface area contributed by atoms with Crippen LogP contribution in [0.4, 0.5) is 10.5 Å². The Labute approximate surface area is 292 Å². The number of anilines is 1. The minimum Gasteiger partial charge on any atom is -0.495 e. The molecule has 3 amide bonds. The molecule has 3 aliphatic rings. The van der Waals surface area contributed by atoms with Crippen molar-refractivity contribution < 1.29 is 48.0 Å². The van der Waals surface area contributed by atoms with E-state index in [1.807, 2.05) is 13.0 Å². The van der Waals surface area contributed by atoms with E-state index in [-0.39, 0.29) is 30.2 Å². The van der Waals surface area contributed by atoms with E-state index in [1.165, 1.54) is 31.1 Å². The van der Waals surface area contributed by atoms with Gasteiger partial charge in [0.1, 0.15) is 40.7 Å². The lowest BCUT2D eigenvalue weighted by molar-refractivity contribution is -0.162. The maximum atomic E-state index is 14.0. The average Bonchev–Trinajstić information content (AvgIpc) is 3.76. The Morgan fingerprint density at radius 2 is 1.96 bits per heavy atom. The molecular weight excluding hydrogens is 658 g/mol. The van der Waals surface area contributed by atoms with Gasteiger partial charge < -0.3 is 38.6 Å². The number of ether oxygens (including phenoxy) is 5. The fourth-order valence-electron chi connectivity index (χ4n) is 6.47. The largest absolute Gasteiger partial charge is 0.495 e. The van der Waals surface area contributed by atoms with E-state index in [1.54, 1.807) is 59.0 Å². The second kappa shape index (κ2) is 15.1. The first-order chi connectivity index (χ1) is 23.0. The van der Waals surface area contributed by atoms with Crippen molar-refractivity contribution >= 4 is 41.2 Å². The predicted molar refractivity (Wildman–Crippen MR) is 181 cm³/mol. The number of hydrogen-bond acceptors (Lipinski definition) is 10. The molecule has 0 radical (unpaired) electrons. The van der Waals surface area contributed by atoms with Crippen molar-refractivity contribution in [3.63, 3.8) is 0 Å². The molecule has 14 heteroatoms. The number of allylic oxidation sites excluding steroid dienone is 3. The maximum Gasteiger partial charge on any atom is 0.409 e. The number of benzene rings is 1. The highest BCUT2D eigenvalue weighted by Crippen LogP contribution is 2.49. The molecule has 1 aromatic rings. The van der Waals surface area contributed by atoms with Crippen LogP contribution in [0.3, 0.4) is 0 Å². The Bertz CT molecular complexity index is 1520. The average molecular weight is 706 g/mol. The van der Waals surface area contributed by atoms with Crippen molar-refractivity contribution in [2.24, 2.45) is 5.92 Å². The van der Waals surface area contributed by atoms with Crippen molar-refractivity contribution in [3.8, 4) is 5.75 Å². The fourth-order valence-corrected chi connectivity index (χ4v) is 6.78. The van der Waals surface area contributed by atoms with Gasteiger partial charge in [-0.05, 0) is 44.9 Å². The lowest BCUT2D eigenvalue weighted by Crippen LogP contribution is -2.63. The Morgan fingerprint density at radius 1 is 1.27 bits per heavy atom. The lowest BCUT2D eigenvalue weighted by Gasteiger charge is -2.42. The third kappa shape index (κ3) is 8.06. The third-order valence-electron chi connectivity index (χ3n) is 9.83. The summed E-state index contributed by atoms with van der Waals surface area (Å²) < 4.78 is 29.0. The normalized spacial score (nSPS) is 31.0. The van der Waals surface area contributed by atoms with Gasteiger partial charge >= 0.3 is 12.1 Å². The summed E-state index contributed by atoms with van der Waals surface area (Å²) in [5, 5.41) is 14.4. The quantitative estimate of drug-likeness (QED) is 0.329. The molecule has 2 saturated heterocycles. The molecule has 2 N–H and O–H groups in total. The molecule has 0 aliphatic carbocycles. The van der Waals surface area contributed by atoms with E-state index in [2.05, 4.69) is 5.32 Å². The number of likely N-dealkylation sites (N-methyl/N-ethyl adjacent to an activating group) is 1. The molecule has 13 nitrogen and oxygen atoms in total. The number of fused-ring (bicyclic) bond motifs is 5. The summed E-state index contributed by atoms with van der Waals surface area (Å²) in [5.74, 6) is -1.53. The first-order valence-corrected chi connectivity index (χ1v) is 16.7. The molecule has 8 atom stereocenters. The molecule has 4 rings (SSSR count). The number of hydrogen-bond donors (Lipinski definition) is 2. The van der Waals surface area contributed by atoms with Crippen LogP contribution in [0.25, 0.3) is 0 Å². The summed E-state index contributed by atoms with van der Waals surface area (Å²) in [6, 6.07) is 2.64. The van der Waals surface area contributed by atoms with E-state index in [0.29, 0.717) is 17.9 Å². The predicted octanol–water partition coefficient (Wildman–Crippen LogP) is 3.92. The summed E-state index contributed by atoms with van der Waals surface area (Å²) in [6.45, 7) is 8.68. The Balaban J connectivity index is 1.79. The fraction of sp³-hybridized carbons (Fsp3) is 0.600. The van der Waals surface area contributed by atoms with E-state index in [0.717, 1.165) is 11.1 Å². The zero-order chi connectivity index (χ0) is 36.4. The molecule has 0 unspecified atom stereocenters. The van der Waals surface area contributed by atoms with Crippen molar-refractivity contribution in [2.75, 3.05) is 33.2 Å². The number of epoxide rings is 1. The van der Waals surface area contributed by atoms with E-state index < -0.39 is 65.7 Å². The van der Waals surface area contributed by atoms with Crippen LogP contribution in [0.1, 0.15) is 59.4 Å². The number of esters is 1. The highest BCUT2D eigenvalue weighted by Gasteiger charge is 2.64. The third-order valence-corrected chi connectivity index (χ3v) is 10.2. The van der Waals surface area contributed by atoms with Crippen LogP contribution >= 0.6 is 11.6 Å². The van der Waals surface area contributed by atoms with Crippen molar-refractivity contribution in [1.29, 1.82) is 0 Å². The van der Waals surface area contributed by atoms with E-state index in [4.69, 9.17) is 35.3 Å². The molecule has 2 fully saturated rings. The number of aliphatic hydroxyl groups is 1. The zero-order valence-electron chi connectivity index (χ0n) is 29.6. The molecule has 0 saturated carbocycles. The summed E-state index contributed by atoms with van der Waals surface area (Å²) in [6.07, 6.45) is 1.22. The minimum absolute atomic E-state index is 0.0431. The second-order valence-corrected chi connectivity index (χ2v) is 13.6. The monoisotopic (exact) mass is 705 g/mol. The molecule has 1 aromatic carbocycles. The van der Waals surface area contributed by atoms with Crippen LogP contribution in [0.5, 0.6) is 5.75 Å². The van der Waals surface area contributed by atoms with E-state index >= 15 is 0 Å². The number of alkyl carbamates (subject to hydrolysis) is 1. The van der Waals surface area contributed by atoms with Crippen LogP contribution in [-0.4, -0.2) is 104 Å². The lowest BCUT2D eigenvalue weighted by atomic mass is 9.83. The summed E-state index contributed by atoms with van der Waals surface area (Å²) in [5.41, 5.74) is -0.870. The molecule has 4 bridgehead atoms. The molecular formula is C35H48ClN3O10. The van der Waals surface area contributed by atoms with Crippen molar-refractivity contribution in [2.45, 2.75) is 102 Å². The number of halogens is 1. The van der Waals surface area contributed by atoms with Crippen LogP contribution in [0.15, 0.2) is 35.9 Å². The number of rotatable bonds is 6. The van der Waals surface area contributed by atoms with Gasteiger partial charge in [0, 0.05) is 40.0 Å². The molecule has 49 heavy (non-hydrogen) atoms. The Morgan fingerprint density at radius 3 is 2.59 bits per heavy atom. The van der Waals surface area contributed by atoms with Gasteiger partial charge in [0.2, 0.25) is 11.8 Å². The van der Waals surface area contributed by atoms with Gasteiger partial charge in [-0.15, -0.1) is 0 Å². The Hall–Kier alpha value is -3.65. The van der Waals surface area contributed by atoms with Gasteiger partial charge in [0.05, 0.1) is 25.3 Å². The SMILES string of the molecule is CCC(=O)N(C)[C@H](C)C(=O)O[C@H]1CC(=O)N(C)c2cc(cc(OC)c2Cl)CC(C)=CC=C[C@@H](OC)[C@]2(O)C[C@@H](OC(=O)N2)[C@@H](C)[C@H]2O[C@@]12C. The van der Waals surface area contributed by atoms with Gasteiger partial charge in [0.25, 0.3) is 0 Å². The topological polar surface area (TPSA) is 156 Å². The van der Waals surface area contributed by atoms with Gasteiger partial charge in [-0.3, -0.25) is 14.9 Å². The van der Waals surface area contributed by atoms with Gasteiger partial charge in [-0.25, -0.2) is 9.59 Å². The zero-order valence-corrected chi connectivity index (χ0v) is 30.3. The van der Waals surface area contributed by atoms with Crippen molar-refractivity contribution in [3.05, 3.63) is 46.5 Å². The van der Waals surface area contributed by atoms with E-state index in [9.17, 15) is 24.3 Å². The number of carbonyl (C=O) groups is 4. The smallest absolute Gasteiger partial charge is 0.409 e. The number of amides is 3. The summed E-state index contributed by atoms with van der Waals surface area (Å²) in [7, 11) is 6.01. The summed E-state index contributed by atoms with van der Waals surface area (Å²) in [4.78, 5) is 55.3. The summed E-state index contributed by atoms with van der Waals surface area (Å²) >= 11 is 6.72. The first kappa shape index (κ1) is 38.2.